The maximum atomic E-state index is 13.0. The number of amides is 3. The van der Waals surface area contributed by atoms with Crippen LogP contribution in [0.4, 0.5) is 10.5 Å². The summed E-state index contributed by atoms with van der Waals surface area (Å²) in [5.74, 6) is -0.341. The number of nitrogens with one attached hydrogen (secondary N) is 2. The number of esters is 1. The van der Waals surface area contributed by atoms with Gasteiger partial charge in [0.1, 0.15) is 0 Å². The van der Waals surface area contributed by atoms with Crippen LogP contribution in [0.15, 0.2) is 35.5 Å². The zero-order valence-corrected chi connectivity index (χ0v) is 18.2. The van der Waals surface area contributed by atoms with Crippen LogP contribution in [0.2, 0.25) is 0 Å². The highest BCUT2D eigenvalue weighted by molar-refractivity contribution is 5.96. The van der Waals surface area contributed by atoms with E-state index in [2.05, 4.69) is 17.6 Å². The number of nitrogens with zero attached hydrogens (tertiary/aromatic N) is 1. The summed E-state index contributed by atoms with van der Waals surface area (Å²) in [5, 5.41) is 5.88. The zero-order valence-electron chi connectivity index (χ0n) is 18.2. The number of urea groups is 1. The Morgan fingerprint density at radius 2 is 2.03 bits per heavy atom. The summed E-state index contributed by atoms with van der Waals surface area (Å²) in [5.41, 5.74) is 2.41. The molecule has 30 heavy (non-hydrogen) atoms. The molecular weight excluding hydrogens is 382 g/mol. The SMILES string of the molecule is CCCCN1C(=O)N[C@H](c2cccc(NC(=O)C3CC3)c2)C(C(=O)OC(C)C)=C1C. The third-order valence-electron chi connectivity index (χ3n) is 5.33. The molecule has 0 aromatic heterocycles. The van der Waals surface area contributed by atoms with E-state index in [1.807, 2.05) is 24.3 Å². The average molecular weight is 414 g/mol. The number of hydrogen-bond acceptors (Lipinski definition) is 4. The van der Waals surface area contributed by atoms with Gasteiger partial charge in [-0.3, -0.25) is 9.69 Å². The van der Waals surface area contributed by atoms with Crippen molar-refractivity contribution in [2.24, 2.45) is 5.92 Å². The Bertz CT molecular complexity index is 858. The molecule has 0 bridgehead atoms. The van der Waals surface area contributed by atoms with Gasteiger partial charge < -0.3 is 15.4 Å². The van der Waals surface area contributed by atoms with E-state index in [0.717, 1.165) is 31.2 Å². The molecule has 1 heterocycles. The van der Waals surface area contributed by atoms with E-state index < -0.39 is 12.0 Å². The van der Waals surface area contributed by atoms with Crippen LogP contribution in [0.25, 0.3) is 0 Å². The highest BCUT2D eigenvalue weighted by Crippen LogP contribution is 2.34. The van der Waals surface area contributed by atoms with Gasteiger partial charge in [-0.1, -0.05) is 25.5 Å². The smallest absolute Gasteiger partial charge is 0.338 e. The fraction of sp³-hybridized carbons (Fsp3) is 0.522. The topological polar surface area (TPSA) is 87.7 Å². The van der Waals surface area contributed by atoms with E-state index in [-0.39, 0.29) is 24.0 Å². The lowest BCUT2D eigenvalue weighted by Gasteiger charge is -2.35. The number of rotatable bonds is 8. The summed E-state index contributed by atoms with van der Waals surface area (Å²) >= 11 is 0. The first-order chi connectivity index (χ1) is 14.3. The van der Waals surface area contributed by atoms with Crippen molar-refractivity contribution in [1.82, 2.24) is 10.2 Å². The summed E-state index contributed by atoms with van der Waals surface area (Å²) in [6.45, 7) is 7.98. The summed E-state index contributed by atoms with van der Waals surface area (Å²) in [6.07, 6.45) is 3.35. The number of benzene rings is 1. The monoisotopic (exact) mass is 413 g/mol. The minimum atomic E-state index is -0.639. The number of anilines is 1. The second kappa shape index (κ2) is 9.32. The number of carbonyl (C=O) groups is 3. The molecule has 0 spiro atoms. The molecule has 2 N–H and O–H groups in total. The van der Waals surface area contributed by atoms with Gasteiger partial charge in [0.05, 0.1) is 17.7 Å². The highest BCUT2D eigenvalue weighted by atomic mass is 16.5. The summed E-state index contributed by atoms with van der Waals surface area (Å²) in [6, 6.07) is 6.40. The van der Waals surface area contributed by atoms with E-state index in [9.17, 15) is 14.4 Å². The maximum Gasteiger partial charge on any atom is 0.338 e. The quantitative estimate of drug-likeness (QED) is 0.628. The van der Waals surface area contributed by atoms with E-state index in [1.54, 1.807) is 25.7 Å². The molecule has 3 amide bonds. The van der Waals surface area contributed by atoms with Crippen LogP contribution in [0.5, 0.6) is 0 Å². The molecule has 3 rings (SSSR count). The first-order valence-electron chi connectivity index (χ1n) is 10.7. The van der Waals surface area contributed by atoms with Crippen LogP contribution < -0.4 is 10.6 Å². The van der Waals surface area contributed by atoms with E-state index in [4.69, 9.17) is 4.74 Å². The number of ether oxygens (including phenoxy) is 1. The molecule has 1 fully saturated rings. The van der Waals surface area contributed by atoms with Crippen molar-refractivity contribution in [3.63, 3.8) is 0 Å². The van der Waals surface area contributed by atoms with Crippen molar-refractivity contribution < 1.29 is 19.1 Å². The molecule has 1 saturated carbocycles. The Balaban J connectivity index is 1.94. The molecular formula is C23H31N3O4. The lowest BCUT2D eigenvalue weighted by atomic mass is 9.94. The zero-order chi connectivity index (χ0) is 21.8. The minimum absolute atomic E-state index is 0.0109. The van der Waals surface area contributed by atoms with Gasteiger partial charge in [0.25, 0.3) is 0 Å². The second-order valence-corrected chi connectivity index (χ2v) is 8.23. The Kier molecular flexibility index (Phi) is 6.80. The minimum Gasteiger partial charge on any atom is -0.459 e. The summed E-state index contributed by atoms with van der Waals surface area (Å²) < 4.78 is 5.49. The van der Waals surface area contributed by atoms with Crippen LogP contribution in [-0.2, 0) is 14.3 Å². The Labute approximate surface area is 177 Å². The predicted octanol–water partition coefficient (Wildman–Crippen LogP) is 4.13. The van der Waals surface area contributed by atoms with E-state index in [1.165, 1.54) is 0 Å². The summed E-state index contributed by atoms with van der Waals surface area (Å²) in [4.78, 5) is 39.5. The van der Waals surface area contributed by atoms with Crippen LogP contribution in [0.3, 0.4) is 0 Å². The van der Waals surface area contributed by atoms with Gasteiger partial charge in [-0.15, -0.1) is 0 Å². The van der Waals surface area contributed by atoms with Crippen LogP contribution >= 0.6 is 0 Å². The standard InChI is InChI=1S/C23H31N3O4/c1-5-6-12-26-15(4)19(22(28)30-14(2)3)20(25-23(26)29)17-8-7-9-18(13-17)24-21(27)16-10-11-16/h7-9,13-14,16,20H,5-6,10-12H2,1-4H3,(H,24,27)(H,25,29)/t20-/m1/s1. The van der Waals surface area contributed by atoms with Crippen molar-refractivity contribution in [3.05, 3.63) is 41.1 Å². The molecule has 0 radical (unpaired) electrons. The van der Waals surface area contributed by atoms with Gasteiger partial charge in [0.2, 0.25) is 5.91 Å². The molecule has 1 aromatic carbocycles. The normalized spacial score (nSPS) is 19.0. The number of hydrogen-bond donors (Lipinski definition) is 2. The predicted molar refractivity (Wildman–Crippen MR) is 115 cm³/mol. The maximum absolute atomic E-state index is 13.0. The third-order valence-corrected chi connectivity index (χ3v) is 5.33. The van der Waals surface area contributed by atoms with Gasteiger partial charge >= 0.3 is 12.0 Å². The van der Waals surface area contributed by atoms with Gasteiger partial charge in [-0.2, -0.15) is 0 Å². The van der Waals surface area contributed by atoms with E-state index >= 15 is 0 Å². The first-order valence-corrected chi connectivity index (χ1v) is 10.7. The van der Waals surface area contributed by atoms with Crippen molar-refractivity contribution >= 4 is 23.6 Å². The van der Waals surface area contributed by atoms with Gasteiger partial charge in [0.15, 0.2) is 0 Å². The molecule has 7 heteroatoms. The average Bonchev–Trinajstić information content (AvgIpc) is 3.52. The molecule has 0 saturated heterocycles. The molecule has 1 atom stereocenters. The lowest BCUT2D eigenvalue weighted by Crippen LogP contribution is -2.48. The van der Waals surface area contributed by atoms with Crippen LogP contribution in [0.1, 0.15) is 65.0 Å². The van der Waals surface area contributed by atoms with Crippen molar-refractivity contribution in [2.45, 2.75) is 65.5 Å². The van der Waals surface area contributed by atoms with Gasteiger partial charge in [0, 0.05) is 23.8 Å². The molecule has 1 aromatic rings. The van der Waals surface area contributed by atoms with Crippen molar-refractivity contribution in [1.29, 1.82) is 0 Å². The molecule has 2 aliphatic rings. The van der Waals surface area contributed by atoms with Gasteiger partial charge in [-0.25, -0.2) is 9.59 Å². The Morgan fingerprint density at radius 3 is 2.67 bits per heavy atom. The summed E-state index contributed by atoms with van der Waals surface area (Å²) in [7, 11) is 0. The van der Waals surface area contributed by atoms with E-state index in [0.29, 0.717) is 23.5 Å². The number of allylic oxidation sites excluding steroid dienone is 1. The highest BCUT2D eigenvalue weighted by Gasteiger charge is 2.37. The molecule has 1 aliphatic heterocycles. The molecule has 0 unspecified atom stereocenters. The van der Waals surface area contributed by atoms with Crippen molar-refractivity contribution in [3.8, 4) is 0 Å². The lowest BCUT2D eigenvalue weighted by molar-refractivity contribution is -0.143. The van der Waals surface area contributed by atoms with Gasteiger partial charge in [-0.05, 0) is 57.7 Å². The Morgan fingerprint density at radius 1 is 1.30 bits per heavy atom. The number of carbonyl (C=O) groups excluding carboxylic acids is 3. The van der Waals surface area contributed by atoms with Crippen molar-refractivity contribution in [2.75, 3.05) is 11.9 Å². The van der Waals surface area contributed by atoms with Crippen LogP contribution in [0, 0.1) is 5.92 Å². The first kappa shape index (κ1) is 21.9. The van der Waals surface area contributed by atoms with Crippen LogP contribution in [-0.4, -0.2) is 35.5 Å². The Hall–Kier alpha value is -2.83. The molecule has 162 valence electrons. The largest absolute Gasteiger partial charge is 0.459 e. The fourth-order valence-corrected chi connectivity index (χ4v) is 3.54. The number of unbranched alkanes of at least 4 members (excludes halogenated alkanes) is 1. The second-order valence-electron chi connectivity index (χ2n) is 8.23. The molecule has 7 nitrogen and oxygen atoms in total. The molecule has 1 aliphatic carbocycles. The fourth-order valence-electron chi connectivity index (χ4n) is 3.54. The third kappa shape index (κ3) is 5.01.